The maximum Gasteiger partial charge on any atom is 0.362 e. The molecular formula is C26H33F3N7O3+. The van der Waals surface area contributed by atoms with Gasteiger partial charge in [0.2, 0.25) is 11.9 Å². The fraction of sp³-hybridized carbons (Fsp3) is 0.538. The molecule has 39 heavy (non-hydrogen) atoms. The molecular weight excluding hydrogens is 515 g/mol. The van der Waals surface area contributed by atoms with Gasteiger partial charge >= 0.3 is 5.97 Å². The van der Waals surface area contributed by atoms with Crippen molar-refractivity contribution in [3.63, 3.8) is 0 Å². The van der Waals surface area contributed by atoms with Crippen molar-refractivity contribution < 1.29 is 31.9 Å². The topological polar surface area (TPSA) is 103 Å². The third kappa shape index (κ3) is 6.41. The first-order valence-corrected chi connectivity index (χ1v) is 13.1. The van der Waals surface area contributed by atoms with Crippen molar-refractivity contribution in [2.24, 2.45) is 0 Å². The van der Waals surface area contributed by atoms with E-state index in [0.29, 0.717) is 59.9 Å². The summed E-state index contributed by atoms with van der Waals surface area (Å²) in [5.74, 6) is -2.78. The van der Waals surface area contributed by atoms with Gasteiger partial charge in [-0.05, 0) is 32.1 Å². The molecule has 2 fully saturated rings. The van der Waals surface area contributed by atoms with E-state index < -0.39 is 23.1 Å². The molecule has 2 N–H and O–H groups in total. The van der Waals surface area contributed by atoms with Gasteiger partial charge in [-0.15, -0.1) is 0 Å². The number of benzene rings is 1. The second-order valence-electron chi connectivity index (χ2n) is 11.2. The Morgan fingerprint density at radius 2 is 1.82 bits per heavy atom. The van der Waals surface area contributed by atoms with Gasteiger partial charge in [-0.2, -0.15) is 4.98 Å². The second kappa shape index (κ2) is 11.0. The lowest BCUT2D eigenvalue weighted by Crippen LogP contribution is -2.42. The maximum absolute atomic E-state index is 14.4. The van der Waals surface area contributed by atoms with Crippen molar-refractivity contribution >= 4 is 34.7 Å². The molecule has 5 rings (SSSR count). The molecule has 0 unspecified atom stereocenters. The number of aromatic nitrogens is 4. The molecule has 2 aliphatic rings. The zero-order chi connectivity index (χ0) is 27.7. The van der Waals surface area contributed by atoms with Crippen LogP contribution in [0.5, 0.6) is 0 Å². The van der Waals surface area contributed by atoms with E-state index in [1.165, 1.54) is 0 Å². The average molecular weight is 549 g/mol. The number of rotatable bonds is 8. The fourth-order valence-electron chi connectivity index (χ4n) is 5.01. The monoisotopic (exact) mass is 548 g/mol. The summed E-state index contributed by atoms with van der Waals surface area (Å²) < 4.78 is 55.7. The molecule has 1 aromatic carbocycles. The summed E-state index contributed by atoms with van der Waals surface area (Å²) in [6.45, 7) is 1.24. The molecule has 2 aromatic heterocycles. The number of imidazole rings is 1. The van der Waals surface area contributed by atoms with Gasteiger partial charge in [0.05, 0.1) is 40.0 Å². The molecule has 3 heterocycles. The number of nitrogens with one attached hydrogen (secondary N) is 2. The van der Waals surface area contributed by atoms with E-state index in [9.17, 15) is 18.0 Å². The zero-order valence-corrected chi connectivity index (χ0v) is 22.2. The van der Waals surface area contributed by atoms with Crippen LogP contribution in [-0.2, 0) is 14.3 Å². The van der Waals surface area contributed by atoms with Crippen molar-refractivity contribution in [3.05, 3.63) is 35.8 Å². The molecule has 1 saturated heterocycles. The highest BCUT2D eigenvalue weighted by molar-refractivity contribution is 5.77. The Hall–Kier alpha value is -3.45. The summed E-state index contributed by atoms with van der Waals surface area (Å²) in [7, 11) is 5.84. The van der Waals surface area contributed by atoms with Crippen molar-refractivity contribution in [1.29, 1.82) is 0 Å². The van der Waals surface area contributed by atoms with E-state index in [4.69, 9.17) is 14.5 Å². The van der Waals surface area contributed by atoms with Crippen LogP contribution < -0.4 is 10.6 Å². The first-order chi connectivity index (χ1) is 18.6. The lowest BCUT2D eigenvalue weighted by Gasteiger charge is -2.30. The first kappa shape index (κ1) is 27.1. The summed E-state index contributed by atoms with van der Waals surface area (Å²) >= 11 is 0. The van der Waals surface area contributed by atoms with Crippen LogP contribution in [0.15, 0.2) is 18.3 Å². The molecule has 0 amide bonds. The van der Waals surface area contributed by atoms with Crippen molar-refractivity contribution in [3.8, 4) is 0 Å². The van der Waals surface area contributed by atoms with Crippen LogP contribution in [0.3, 0.4) is 0 Å². The Morgan fingerprint density at radius 3 is 2.46 bits per heavy atom. The van der Waals surface area contributed by atoms with Gasteiger partial charge in [0.25, 0.3) is 0 Å². The number of ether oxygens (including phenoxy) is 2. The van der Waals surface area contributed by atoms with E-state index in [-0.39, 0.29) is 30.1 Å². The van der Waals surface area contributed by atoms with E-state index >= 15 is 0 Å². The third-order valence-corrected chi connectivity index (χ3v) is 6.86. The minimum absolute atomic E-state index is 0.0991. The molecule has 1 aliphatic heterocycles. The maximum atomic E-state index is 14.4. The molecule has 0 radical (unpaired) electrons. The Bertz CT molecular complexity index is 1320. The summed E-state index contributed by atoms with van der Waals surface area (Å²) in [6, 6.07) is 1.15. The summed E-state index contributed by atoms with van der Waals surface area (Å²) in [5.41, 5.74) is 0.416. The highest BCUT2D eigenvalue weighted by Crippen LogP contribution is 2.32. The van der Waals surface area contributed by atoms with Crippen LogP contribution in [0.2, 0.25) is 0 Å². The normalized spacial score (nSPS) is 21.7. The highest BCUT2D eigenvalue weighted by atomic mass is 19.1. The standard InChI is InChI=1S/C26H33F3N7O3/c1-36(2,3)13-22(37)39-18-6-4-16(5-7-18)31-25-30-12-21-24(34-25)35(17-8-9-38-14-17)26(32-21)33-23-19(28)10-15(27)11-20(23)29/h10-12,16-18H,4-9,13-14H2,1-3H3,(H,32,33)(H,30,31,34)/q+1/t16?,17-,18?/m0/s1. The molecule has 1 aliphatic carbocycles. The second-order valence-corrected chi connectivity index (χ2v) is 11.2. The van der Waals surface area contributed by atoms with E-state index in [0.717, 1.165) is 25.7 Å². The van der Waals surface area contributed by atoms with Gasteiger partial charge in [-0.25, -0.2) is 27.9 Å². The largest absolute Gasteiger partial charge is 0.458 e. The van der Waals surface area contributed by atoms with Crippen LogP contribution >= 0.6 is 0 Å². The van der Waals surface area contributed by atoms with Crippen LogP contribution in [0.1, 0.15) is 38.1 Å². The van der Waals surface area contributed by atoms with Gasteiger partial charge in [-0.3, -0.25) is 4.57 Å². The number of fused-ring (bicyclic) bond motifs is 1. The van der Waals surface area contributed by atoms with E-state index in [1.807, 2.05) is 21.1 Å². The summed E-state index contributed by atoms with van der Waals surface area (Å²) in [6.07, 6.45) is 5.17. The Kier molecular flexibility index (Phi) is 7.63. The van der Waals surface area contributed by atoms with Gasteiger partial charge in [0, 0.05) is 24.8 Å². The van der Waals surface area contributed by atoms with Crippen molar-refractivity contribution in [1.82, 2.24) is 19.5 Å². The van der Waals surface area contributed by atoms with Gasteiger partial charge in [0.1, 0.15) is 23.1 Å². The number of nitrogens with zero attached hydrogens (tertiary/aromatic N) is 5. The van der Waals surface area contributed by atoms with Crippen molar-refractivity contribution in [2.75, 3.05) is 51.5 Å². The quantitative estimate of drug-likeness (QED) is 0.323. The number of carbonyl (C=O) groups is 1. The lowest BCUT2D eigenvalue weighted by molar-refractivity contribution is -0.862. The summed E-state index contributed by atoms with van der Waals surface area (Å²) in [5, 5.41) is 6.05. The van der Waals surface area contributed by atoms with E-state index in [2.05, 4.69) is 20.6 Å². The fourth-order valence-corrected chi connectivity index (χ4v) is 5.01. The molecule has 3 aromatic rings. The molecule has 210 valence electrons. The van der Waals surface area contributed by atoms with Gasteiger partial charge < -0.3 is 24.6 Å². The predicted octanol–water partition coefficient (Wildman–Crippen LogP) is 3.92. The van der Waals surface area contributed by atoms with Crippen LogP contribution in [0, 0.1) is 17.5 Å². The van der Waals surface area contributed by atoms with Gasteiger partial charge in [0.15, 0.2) is 23.8 Å². The van der Waals surface area contributed by atoms with Crippen molar-refractivity contribution in [2.45, 2.75) is 50.3 Å². The Balaban J connectivity index is 1.32. The molecule has 0 bridgehead atoms. The lowest BCUT2D eigenvalue weighted by atomic mass is 9.93. The van der Waals surface area contributed by atoms with E-state index in [1.54, 1.807) is 10.8 Å². The predicted molar refractivity (Wildman–Crippen MR) is 138 cm³/mol. The average Bonchev–Trinajstić information content (AvgIpc) is 3.48. The molecule has 10 nitrogen and oxygen atoms in total. The SMILES string of the molecule is C[N+](C)(C)CC(=O)OC1CCC(Nc2ncc3nc(Nc4c(F)cc(F)cc4F)n([C@H]4CCOC4)c3n2)CC1. The third-order valence-electron chi connectivity index (χ3n) is 6.86. The molecule has 1 atom stereocenters. The number of hydrogen-bond donors (Lipinski definition) is 2. The molecule has 1 saturated carbocycles. The number of halogens is 3. The number of anilines is 3. The Labute approximate surface area is 224 Å². The number of hydrogen-bond acceptors (Lipinski definition) is 8. The molecule has 13 heteroatoms. The summed E-state index contributed by atoms with van der Waals surface area (Å²) in [4.78, 5) is 25.7. The number of carbonyl (C=O) groups excluding carboxylic acids is 1. The van der Waals surface area contributed by atoms with Crippen LogP contribution in [0.25, 0.3) is 11.2 Å². The number of esters is 1. The smallest absolute Gasteiger partial charge is 0.362 e. The van der Waals surface area contributed by atoms with Crippen LogP contribution in [-0.4, -0.2) is 83.0 Å². The van der Waals surface area contributed by atoms with Crippen LogP contribution in [0.4, 0.5) is 30.8 Å². The zero-order valence-electron chi connectivity index (χ0n) is 22.2. The number of likely N-dealkylation sites (N-methyl/N-ethyl adjacent to an activating group) is 1. The van der Waals surface area contributed by atoms with Gasteiger partial charge in [-0.1, -0.05) is 0 Å². The Morgan fingerprint density at radius 1 is 1.10 bits per heavy atom. The first-order valence-electron chi connectivity index (χ1n) is 13.1. The highest BCUT2D eigenvalue weighted by Gasteiger charge is 2.28. The number of quaternary nitrogens is 1. The minimum Gasteiger partial charge on any atom is -0.458 e. The minimum atomic E-state index is -1.07. The molecule has 0 spiro atoms.